The number of anilines is 1. The standard InChI is InChI=1S/C9H8BN3O4/c10-6-3-5(13(15)16)4-7-8(6)12-9(17-7)11-1-2-14/h3-4,14H,1-2H2,(H,11,12). The van der Waals surface area contributed by atoms with E-state index in [9.17, 15) is 10.1 Å². The first-order valence-electron chi connectivity index (χ1n) is 4.81. The number of nitro groups is 1. The van der Waals surface area contributed by atoms with Crippen LogP contribution in [-0.4, -0.2) is 36.0 Å². The second-order valence-corrected chi connectivity index (χ2v) is 3.31. The molecular weight excluding hydrogens is 225 g/mol. The fourth-order valence-electron chi connectivity index (χ4n) is 1.38. The highest BCUT2D eigenvalue weighted by molar-refractivity contribution is 6.38. The Balaban J connectivity index is 2.45. The van der Waals surface area contributed by atoms with Gasteiger partial charge in [0.15, 0.2) is 5.58 Å². The molecule has 7 nitrogen and oxygen atoms in total. The Kier molecular flexibility index (Phi) is 2.96. The van der Waals surface area contributed by atoms with Gasteiger partial charge in [-0.05, 0) is 0 Å². The molecule has 0 aliphatic carbocycles. The summed E-state index contributed by atoms with van der Waals surface area (Å²) in [7, 11) is 5.63. The molecule has 1 aromatic carbocycles. The number of aromatic nitrogens is 1. The number of nitrogens with one attached hydrogen (secondary N) is 1. The highest BCUT2D eigenvalue weighted by atomic mass is 16.6. The van der Waals surface area contributed by atoms with Gasteiger partial charge in [0.05, 0.1) is 17.6 Å². The van der Waals surface area contributed by atoms with E-state index in [1.807, 2.05) is 0 Å². The first kappa shape index (κ1) is 11.4. The summed E-state index contributed by atoms with van der Waals surface area (Å²) >= 11 is 0. The van der Waals surface area contributed by atoms with Gasteiger partial charge >= 0.3 is 0 Å². The van der Waals surface area contributed by atoms with Gasteiger partial charge in [0.1, 0.15) is 13.4 Å². The predicted molar refractivity (Wildman–Crippen MR) is 61.6 cm³/mol. The van der Waals surface area contributed by atoms with Crippen molar-refractivity contribution in [3.8, 4) is 0 Å². The summed E-state index contributed by atoms with van der Waals surface area (Å²) < 4.78 is 5.22. The Bertz CT molecular complexity index is 569. The van der Waals surface area contributed by atoms with Crippen LogP contribution < -0.4 is 10.8 Å². The van der Waals surface area contributed by atoms with E-state index in [-0.39, 0.29) is 35.9 Å². The number of hydrogen-bond acceptors (Lipinski definition) is 6. The lowest BCUT2D eigenvalue weighted by Crippen LogP contribution is -2.07. The number of nitrogens with zero attached hydrogens (tertiary/aromatic N) is 2. The average Bonchev–Trinajstić information content (AvgIpc) is 2.69. The number of aliphatic hydroxyl groups excluding tert-OH is 1. The third-order valence-corrected chi connectivity index (χ3v) is 2.11. The summed E-state index contributed by atoms with van der Waals surface area (Å²) in [5.74, 6) is 0. The number of nitro benzene ring substituents is 1. The molecule has 1 heterocycles. The number of fused-ring (bicyclic) bond motifs is 1. The molecule has 0 atom stereocenters. The molecule has 0 bridgehead atoms. The van der Waals surface area contributed by atoms with Gasteiger partial charge in [-0.15, -0.1) is 0 Å². The number of oxazole rings is 1. The van der Waals surface area contributed by atoms with E-state index in [2.05, 4.69) is 10.3 Å². The minimum atomic E-state index is -0.556. The Hall–Kier alpha value is -2.09. The summed E-state index contributed by atoms with van der Waals surface area (Å²) in [5, 5.41) is 21.9. The van der Waals surface area contributed by atoms with Crippen LogP contribution in [0.4, 0.5) is 11.7 Å². The van der Waals surface area contributed by atoms with Crippen molar-refractivity contribution in [1.29, 1.82) is 0 Å². The largest absolute Gasteiger partial charge is 0.423 e. The van der Waals surface area contributed by atoms with Crippen molar-refractivity contribution in [2.45, 2.75) is 0 Å². The molecule has 0 spiro atoms. The molecule has 8 heteroatoms. The third kappa shape index (κ3) is 2.21. The molecule has 2 rings (SSSR count). The monoisotopic (exact) mass is 233 g/mol. The van der Waals surface area contributed by atoms with E-state index in [1.54, 1.807) is 0 Å². The van der Waals surface area contributed by atoms with Crippen LogP contribution in [-0.2, 0) is 0 Å². The molecule has 1 aromatic heterocycles. The van der Waals surface area contributed by atoms with E-state index in [0.717, 1.165) is 0 Å². The maximum Gasteiger partial charge on any atom is 0.295 e. The molecule has 2 radical (unpaired) electrons. The Morgan fingerprint density at radius 2 is 2.35 bits per heavy atom. The zero-order chi connectivity index (χ0) is 12.4. The molecule has 0 fully saturated rings. The third-order valence-electron chi connectivity index (χ3n) is 2.11. The number of rotatable bonds is 4. The highest BCUT2D eigenvalue weighted by Crippen LogP contribution is 2.21. The van der Waals surface area contributed by atoms with Crippen molar-refractivity contribution in [2.75, 3.05) is 18.5 Å². The molecule has 0 saturated carbocycles. The normalized spacial score (nSPS) is 10.6. The average molecular weight is 233 g/mol. The van der Waals surface area contributed by atoms with Gasteiger partial charge in [-0.3, -0.25) is 10.1 Å². The van der Waals surface area contributed by atoms with Gasteiger partial charge < -0.3 is 14.8 Å². The van der Waals surface area contributed by atoms with Crippen molar-refractivity contribution in [2.24, 2.45) is 0 Å². The molecule has 17 heavy (non-hydrogen) atoms. The van der Waals surface area contributed by atoms with E-state index in [0.29, 0.717) is 5.52 Å². The maximum absolute atomic E-state index is 10.6. The summed E-state index contributed by atoms with van der Waals surface area (Å²) in [5.41, 5.74) is 0.614. The van der Waals surface area contributed by atoms with Crippen LogP contribution in [0.1, 0.15) is 0 Å². The van der Waals surface area contributed by atoms with Gasteiger partial charge in [0.2, 0.25) is 0 Å². The highest BCUT2D eigenvalue weighted by Gasteiger charge is 2.14. The van der Waals surface area contributed by atoms with Crippen LogP contribution in [0.5, 0.6) is 0 Å². The molecule has 86 valence electrons. The zero-order valence-corrected chi connectivity index (χ0v) is 8.71. The van der Waals surface area contributed by atoms with E-state index in [1.165, 1.54) is 12.1 Å². The van der Waals surface area contributed by atoms with E-state index in [4.69, 9.17) is 17.4 Å². The minimum absolute atomic E-state index is 0.0750. The van der Waals surface area contributed by atoms with Gasteiger partial charge in [-0.2, -0.15) is 4.98 Å². The van der Waals surface area contributed by atoms with Crippen LogP contribution in [0.15, 0.2) is 16.5 Å². The van der Waals surface area contributed by atoms with Gasteiger partial charge in [-0.25, -0.2) is 0 Å². The van der Waals surface area contributed by atoms with Crippen molar-refractivity contribution in [1.82, 2.24) is 4.98 Å². The second kappa shape index (κ2) is 4.42. The van der Waals surface area contributed by atoms with Gasteiger partial charge in [-0.1, -0.05) is 5.46 Å². The predicted octanol–water partition coefficient (Wildman–Crippen LogP) is -0.0660. The lowest BCUT2D eigenvalue weighted by atomic mass is 9.94. The Morgan fingerprint density at radius 1 is 1.59 bits per heavy atom. The summed E-state index contributed by atoms with van der Waals surface area (Å²) in [6.45, 7) is 0.198. The number of aliphatic hydroxyl groups is 1. The number of non-ortho nitro benzene ring substituents is 1. The van der Waals surface area contributed by atoms with Crippen molar-refractivity contribution < 1.29 is 14.4 Å². The lowest BCUT2D eigenvalue weighted by Gasteiger charge is -1.94. The van der Waals surface area contributed by atoms with Crippen LogP contribution in [0.2, 0.25) is 0 Å². The minimum Gasteiger partial charge on any atom is -0.423 e. The molecule has 0 aliphatic rings. The molecule has 2 aromatic rings. The van der Waals surface area contributed by atoms with Crippen molar-refractivity contribution in [3.05, 3.63) is 22.2 Å². The first-order valence-corrected chi connectivity index (χ1v) is 4.81. The summed E-state index contributed by atoms with van der Waals surface area (Å²) in [6.07, 6.45) is 0. The second-order valence-electron chi connectivity index (χ2n) is 3.31. The zero-order valence-electron chi connectivity index (χ0n) is 8.71. The molecule has 0 saturated heterocycles. The maximum atomic E-state index is 10.6. The first-order chi connectivity index (χ1) is 8.11. The Morgan fingerprint density at radius 3 is 3.00 bits per heavy atom. The fraction of sp³-hybridized carbons (Fsp3) is 0.222. The summed E-state index contributed by atoms with van der Waals surface area (Å²) in [4.78, 5) is 14.1. The van der Waals surface area contributed by atoms with Crippen LogP contribution >= 0.6 is 0 Å². The Labute approximate surface area is 97.0 Å². The number of benzene rings is 1. The molecule has 2 N–H and O–H groups in total. The SMILES string of the molecule is [B]c1cc([N+](=O)[O-])cc2oc(NCCO)nc12. The number of hydrogen-bond donors (Lipinski definition) is 2. The van der Waals surface area contributed by atoms with E-state index >= 15 is 0 Å². The van der Waals surface area contributed by atoms with Crippen molar-refractivity contribution in [3.63, 3.8) is 0 Å². The molecular formula is C9H8BN3O4. The quantitative estimate of drug-likeness (QED) is 0.435. The molecule has 0 aliphatic heterocycles. The van der Waals surface area contributed by atoms with Crippen LogP contribution in [0.25, 0.3) is 11.1 Å². The van der Waals surface area contributed by atoms with Crippen LogP contribution in [0, 0.1) is 10.1 Å². The van der Waals surface area contributed by atoms with Crippen LogP contribution in [0.3, 0.4) is 0 Å². The smallest absolute Gasteiger partial charge is 0.295 e. The molecule has 0 unspecified atom stereocenters. The van der Waals surface area contributed by atoms with E-state index < -0.39 is 4.92 Å². The summed E-state index contributed by atoms with van der Waals surface area (Å²) in [6, 6.07) is 2.64. The van der Waals surface area contributed by atoms with Crippen molar-refractivity contribution >= 4 is 36.1 Å². The topological polar surface area (TPSA) is 101 Å². The fourth-order valence-corrected chi connectivity index (χ4v) is 1.38. The van der Waals surface area contributed by atoms with Gasteiger partial charge in [0, 0.05) is 12.6 Å². The molecule has 0 amide bonds. The lowest BCUT2D eigenvalue weighted by molar-refractivity contribution is -0.384. The van der Waals surface area contributed by atoms with Gasteiger partial charge in [0.25, 0.3) is 11.7 Å².